The van der Waals surface area contributed by atoms with Gasteiger partial charge in [0.15, 0.2) is 5.65 Å². The van der Waals surface area contributed by atoms with Crippen molar-refractivity contribution < 1.29 is 9.53 Å². The highest BCUT2D eigenvalue weighted by Crippen LogP contribution is 2.29. The Morgan fingerprint density at radius 1 is 0.719 bits per heavy atom. The van der Waals surface area contributed by atoms with Crippen LogP contribution in [0.5, 0.6) is 5.88 Å². The molecule has 156 valence electrons. The molecule has 0 N–H and O–H groups in total. The Kier molecular flexibility index (Phi) is 5.45. The molecular weight excluding hydrogens is 398 g/mol. The number of ether oxygens (including phenoxy) is 1. The van der Waals surface area contributed by atoms with E-state index in [1.54, 1.807) is 0 Å². The fourth-order valence-electron chi connectivity index (χ4n) is 3.87. The second-order valence-electron chi connectivity index (χ2n) is 7.53. The Morgan fingerprint density at radius 2 is 1.28 bits per heavy atom. The molecule has 0 unspecified atom stereocenters. The summed E-state index contributed by atoms with van der Waals surface area (Å²) in [6.07, 6.45) is 3.06. The molecule has 0 saturated carbocycles. The van der Waals surface area contributed by atoms with Gasteiger partial charge in [-0.3, -0.25) is 9.20 Å². The summed E-state index contributed by atoms with van der Waals surface area (Å²) in [6, 6.07) is 30.2. The van der Waals surface area contributed by atoms with E-state index >= 15 is 0 Å². The van der Waals surface area contributed by atoms with Crippen LogP contribution in [0.3, 0.4) is 0 Å². The predicted octanol–water partition coefficient (Wildman–Crippen LogP) is 5.11. The molecule has 0 aliphatic carbocycles. The van der Waals surface area contributed by atoms with Crippen molar-refractivity contribution in [1.29, 1.82) is 0 Å². The lowest BCUT2D eigenvalue weighted by Gasteiger charge is -2.09. The minimum atomic E-state index is 0.424. The summed E-state index contributed by atoms with van der Waals surface area (Å²) in [4.78, 5) is 21.2. The molecule has 5 aromatic rings. The Bertz CT molecular complexity index is 1350. The van der Waals surface area contributed by atoms with Gasteiger partial charge in [0.05, 0.1) is 11.4 Å². The summed E-state index contributed by atoms with van der Waals surface area (Å²) in [6.45, 7) is 0.456. The third-order valence-electron chi connectivity index (χ3n) is 5.36. The van der Waals surface area contributed by atoms with Gasteiger partial charge >= 0.3 is 0 Å². The second-order valence-corrected chi connectivity index (χ2v) is 7.53. The molecule has 0 aliphatic heterocycles. The highest BCUT2D eigenvalue weighted by atomic mass is 16.5. The van der Waals surface area contributed by atoms with Gasteiger partial charge in [0.25, 0.3) is 6.47 Å². The van der Waals surface area contributed by atoms with Crippen molar-refractivity contribution in [2.75, 3.05) is 0 Å². The lowest BCUT2D eigenvalue weighted by atomic mass is 10.1. The Hall–Kier alpha value is -4.25. The zero-order chi connectivity index (χ0) is 21.8. The minimum Gasteiger partial charge on any atom is -0.409 e. The fourth-order valence-corrected chi connectivity index (χ4v) is 3.87. The van der Waals surface area contributed by atoms with Crippen LogP contribution in [0.2, 0.25) is 0 Å². The van der Waals surface area contributed by atoms with Crippen molar-refractivity contribution in [3.63, 3.8) is 0 Å². The summed E-state index contributed by atoms with van der Waals surface area (Å²) in [5.41, 5.74) is 6.22. The van der Waals surface area contributed by atoms with Gasteiger partial charge in [-0.2, -0.15) is 0 Å². The summed E-state index contributed by atoms with van der Waals surface area (Å²) in [7, 11) is 0. The highest BCUT2D eigenvalue weighted by molar-refractivity contribution is 5.64. The van der Waals surface area contributed by atoms with Crippen molar-refractivity contribution in [1.82, 2.24) is 14.4 Å². The van der Waals surface area contributed by atoms with E-state index < -0.39 is 0 Å². The Morgan fingerprint density at radius 3 is 1.88 bits per heavy atom. The van der Waals surface area contributed by atoms with E-state index in [0.29, 0.717) is 36.5 Å². The molecule has 2 aromatic heterocycles. The predicted molar refractivity (Wildman–Crippen MR) is 124 cm³/mol. The van der Waals surface area contributed by atoms with Crippen LogP contribution in [0.25, 0.3) is 16.9 Å². The quantitative estimate of drug-likeness (QED) is 0.344. The van der Waals surface area contributed by atoms with Gasteiger partial charge in [-0.15, -0.1) is 0 Å². The number of aromatic nitrogens is 3. The average Bonchev–Trinajstić information content (AvgIpc) is 3.18. The summed E-state index contributed by atoms with van der Waals surface area (Å²) >= 11 is 0. The van der Waals surface area contributed by atoms with Crippen LogP contribution in [0.4, 0.5) is 0 Å². The molecule has 5 nitrogen and oxygen atoms in total. The number of carbonyl (C=O) groups excluding carboxylic acids is 1. The van der Waals surface area contributed by atoms with Crippen LogP contribution in [-0.4, -0.2) is 20.8 Å². The maximum absolute atomic E-state index is 11.4. The minimum absolute atomic E-state index is 0.424. The number of hydrogen-bond donors (Lipinski definition) is 0. The van der Waals surface area contributed by atoms with Crippen molar-refractivity contribution >= 4 is 12.1 Å². The Balaban J connectivity index is 1.70. The first kappa shape index (κ1) is 19.7. The second kappa shape index (κ2) is 8.86. The zero-order valence-electron chi connectivity index (χ0n) is 17.4. The molecule has 0 bridgehead atoms. The molecule has 5 rings (SSSR count). The van der Waals surface area contributed by atoms with E-state index in [1.165, 1.54) is 0 Å². The molecule has 0 spiro atoms. The van der Waals surface area contributed by atoms with E-state index in [0.717, 1.165) is 28.1 Å². The SMILES string of the molecule is O=COc1c(Cc2ccccc2)nc2c(Cc3ccccc3)nc(-c3ccccc3)cn12. The molecule has 2 heterocycles. The third kappa shape index (κ3) is 4.01. The van der Waals surface area contributed by atoms with Crippen LogP contribution in [0.15, 0.2) is 97.2 Å². The van der Waals surface area contributed by atoms with Crippen LogP contribution in [-0.2, 0) is 17.6 Å². The van der Waals surface area contributed by atoms with Crippen LogP contribution in [0.1, 0.15) is 22.5 Å². The smallest absolute Gasteiger partial charge is 0.299 e. The van der Waals surface area contributed by atoms with Gasteiger partial charge in [0.1, 0.15) is 5.69 Å². The summed E-state index contributed by atoms with van der Waals surface area (Å²) in [5, 5.41) is 0. The monoisotopic (exact) mass is 419 g/mol. The number of fused-ring (bicyclic) bond motifs is 1. The standard InChI is InChI=1S/C27H21N3O2/c31-19-32-27-24(17-21-12-6-2-7-13-21)29-26-23(16-20-10-4-1-5-11-20)28-25(18-30(26)27)22-14-8-3-9-15-22/h1-15,18-19H,16-17H2. The van der Waals surface area contributed by atoms with E-state index in [4.69, 9.17) is 14.7 Å². The average molecular weight is 419 g/mol. The highest BCUT2D eigenvalue weighted by Gasteiger charge is 2.19. The van der Waals surface area contributed by atoms with Gasteiger partial charge in [-0.1, -0.05) is 91.0 Å². The first-order valence-electron chi connectivity index (χ1n) is 10.5. The maximum Gasteiger partial charge on any atom is 0.299 e. The molecule has 0 fully saturated rings. The normalized spacial score (nSPS) is 10.9. The van der Waals surface area contributed by atoms with Crippen molar-refractivity contribution in [3.8, 4) is 17.1 Å². The third-order valence-corrected chi connectivity index (χ3v) is 5.36. The number of benzene rings is 3. The number of rotatable bonds is 7. The van der Waals surface area contributed by atoms with E-state index in [1.807, 2.05) is 89.5 Å². The molecular formula is C27H21N3O2. The molecule has 3 aromatic carbocycles. The molecule has 0 saturated heterocycles. The number of imidazole rings is 1. The van der Waals surface area contributed by atoms with Crippen molar-refractivity contribution in [2.24, 2.45) is 0 Å². The summed E-state index contributed by atoms with van der Waals surface area (Å²) in [5.74, 6) is 0.424. The van der Waals surface area contributed by atoms with Crippen LogP contribution >= 0.6 is 0 Å². The van der Waals surface area contributed by atoms with E-state index in [2.05, 4.69) is 12.1 Å². The van der Waals surface area contributed by atoms with Crippen LogP contribution < -0.4 is 4.74 Å². The van der Waals surface area contributed by atoms with E-state index in [-0.39, 0.29) is 0 Å². The van der Waals surface area contributed by atoms with Gasteiger partial charge in [-0.25, -0.2) is 9.97 Å². The first-order valence-corrected chi connectivity index (χ1v) is 10.5. The fraction of sp³-hybridized carbons (Fsp3) is 0.0741. The molecule has 0 aliphatic rings. The van der Waals surface area contributed by atoms with Crippen molar-refractivity contribution in [2.45, 2.75) is 12.8 Å². The van der Waals surface area contributed by atoms with Gasteiger partial charge in [-0.05, 0) is 11.1 Å². The summed E-state index contributed by atoms with van der Waals surface area (Å²) < 4.78 is 7.30. The largest absolute Gasteiger partial charge is 0.409 e. The zero-order valence-corrected chi connectivity index (χ0v) is 17.4. The lowest BCUT2D eigenvalue weighted by molar-refractivity contribution is -0.121. The number of nitrogens with zero attached hydrogens (tertiary/aromatic N) is 3. The Labute approximate surface area is 186 Å². The van der Waals surface area contributed by atoms with Gasteiger partial charge in [0, 0.05) is 24.6 Å². The van der Waals surface area contributed by atoms with Crippen molar-refractivity contribution in [3.05, 3.63) is 120 Å². The molecule has 32 heavy (non-hydrogen) atoms. The van der Waals surface area contributed by atoms with E-state index in [9.17, 15) is 4.79 Å². The molecule has 0 radical (unpaired) electrons. The van der Waals surface area contributed by atoms with Crippen LogP contribution in [0, 0.1) is 0 Å². The number of carbonyl (C=O) groups is 1. The topological polar surface area (TPSA) is 56.5 Å². The van der Waals surface area contributed by atoms with Gasteiger partial charge < -0.3 is 4.74 Å². The maximum atomic E-state index is 11.4. The van der Waals surface area contributed by atoms with Gasteiger partial charge in [0.2, 0.25) is 5.88 Å². The molecule has 0 atom stereocenters. The first-order chi connectivity index (χ1) is 15.8. The number of hydrogen-bond acceptors (Lipinski definition) is 4. The lowest BCUT2D eigenvalue weighted by Crippen LogP contribution is -2.02. The molecule has 0 amide bonds. The molecule has 5 heteroatoms.